The average molecular weight is 430 g/mol. The van der Waals surface area contributed by atoms with Gasteiger partial charge in [-0.05, 0) is 35.4 Å². The van der Waals surface area contributed by atoms with Crippen molar-refractivity contribution in [1.82, 2.24) is 0 Å². The van der Waals surface area contributed by atoms with E-state index in [9.17, 15) is 17.3 Å². The summed E-state index contributed by atoms with van der Waals surface area (Å²) >= 11 is 6.05. The van der Waals surface area contributed by atoms with Crippen LogP contribution in [0.25, 0.3) is 28.1 Å². The molecule has 0 spiro atoms. The Balaban J connectivity index is 0.000000461. The molecule has 0 fully saturated rings. The van der Waals surface area contributed by atoms with E-state index in [1.807, 2.05) is 36.4 Å². The molecule has 0 atom stereocenters. The molecule has 0 bridgehead atoms. The lowest BCUT2D eigenvalue weighted by molar-refractivity contribution is -0.583. The molecular formula is C23H17BClF4N. The monoisotopic (exact) mass is 429 g/mol. The summed E-state index contributed by atoms with van der Waals surface area (Å²) in [4.78, 5) is 0. The molecule has 0 aliphatic carbocycles. The van der Waals surface area contributed by atoms with Crippen molar-refractivity contribution in [1.29, 1.82) is 0 Å². The third-order valence-corrected chi connectivity index (χ3v) is 4.49. The van der Waals surface area contributed by atoms with E-state index in [0.717, 1.165) is 16.4 Å². The summed E-state index contributed by atoms with van der Waals surface area (Å²) < 4.78 is 41.2. The maximum atomic E-state index is 9.75. The van der Waals surface area contributed by atoms with Crippen LogP contribution in [-0.4, -0.2) is 7.25 Å². The van der Waals surface area contributed by atoms with Crippen LogP contribution in [0.15, 0.2) is 103 Å². The zero-order valence-corrected chi connectivity index (χ0v) is 16.5. The number of pyridine rings is 1. The predicted molar refractivity (Wildman–Crippen MR) is 114 cm³/mol. The van der Waals surface area contributed by atoms with E-state index in [2.05, 4.69) is 71.4 Å². The highest BCUT2D eigenvalue weighted by atomic mass is 35.5. The molecule has 0 aliphatic rings. The number of aromatic nitrogens is 1. The van der Waals surface area contributed by atoms with Gasteiger partial charge in [-0.25, -0.2) is 0 Å². The van der Waals surface area contributed by atoms with Gasteiger partial charge in [-0.3, -0.25) is 0 Å². The summed E-state index contributed by atoms with van der Waals surface area (Å²) in [7, 11) is -6.00. The van der Waals surface area contributed by atoms with E-state index >= 15 is 0 Å². The molecule has 4 rings (SSSR count). The summed E-state index contributed by atoms with van der Waals surface area (Å²) in [6, 6.07) is 33.2. The molecule has 0 aliphatic heterocycles. The van der Waals surface area contributed by atoms with Gasteiger partial charge in [0, 0.05) is 34.9 Å². The second kappa shape index (κ2) is 9.59. The first-order valence-electron chi connectivity index (χ1n) is 9.11. The minimum Gasteiger partial charge on any atom is -0.418 e. The van der Waals surface area contributed by atoms with Gasteiger partial charge in [-0.1, -0.05) is 60.1 Å². The molecule has 0 unspecified atom stereocenters. The van der Waals surface area contributed by atoms with Gasteiger partial charge >= 0.3 is 7.25 Å². The Morgan fingerprint density at radius 1 is 0.600 bits per heavy atom. The van der Waals surface area contributed by atoms with Crippen LogP contribution in [0.1, 0.15) is 0 Å². The van der Waals surface area contributed by atoms with Crippen molar-refractivity contribution in [2.75, 3.05) is 0 Å². The van der Waals surface area contributed by atoms with Gasteiger partial charge in [0.15, 0.2) is 6.20 Å². The van der Waals surface area contributed by atoms with Crippen molar-refractivity contribution in [3.05, 3.63) is 108 Å². The van der Waals surface area contributed by atoms with Gasteiger partial charge in [-0.15, -0.1) is 0 Å². The van der Waals surface area contributed by atoms with Crippen LogP contribution in [0.5, 0.6) is 0 Å². The molecule has 7 heteroatoms. The number of nitrogens with zero attached hydrogens (tertiary/aromatic N) is 1. The van der Waals surface area contributed by atoms with Crippen LogP contribution in [0.2, 0.25) is 5.02 Å². The molecule has 30 heavy (non-hydrogen) atoms. The highest BCUT2D eigenvalue weighted by Gasteiger charge is 2.20. The van der Waals surface area contributed by atoms with Crippen molar-refractivity contribution >= 4 is 18.9 Å². The Labute approximate surface area is 177 Å². The largest absolute Gasteiger partial charge is 0.673 e. The van der Waals surface area contributed by atoms with E-state index in [1.54, 1.807) is 0 Å². The predicted octanol–water partition coefficient (Wildman–Crippen LogP) is 7.25. The van der Waals surface area contributed by atoms with Gasteiger partial charge in [0.25, 0.3) is 0 Å². The maximum absolute atomic E-state index is 9.75. The van der Waals surface area contributed by atoms with Gasteiger partial charge < -0.3 is 17.3 Å². The SMILES string of the molecule is Clc1ccc(-[n+]2ccc(-c3ccccc3)cc2-c2ccccc2)cc1.F[B-](F)(F)F. The molecule has 152 valence electrons. The van der Waals surface area contributed by atoms with Crippen LogP contribution < -0.4 is 4.57 Å². The lowest BCUT2D eigenvalue weighted by Gasteiger charge is -2.07. The van der Waals surface area contributed by atoms with Gasteiger partial charge in [0.2, 0.25) is 11.4 Å². The molecule has 1 nitrogen and oxygen atoms in total. The first-order valence-corrected chi connectivity index (χ1v) is 9.49. The molecule has 0 saturated carbocycles. The number of hydrogen-bond acceptors (Lipinski definition) is 0. The molecule has 1 aromatic heterocycles. The van der Waals surface area contributed by atoms with Crippen LogP contribution in [0.4, 0.5) is 17.3 Å². The maximum Gasteiger partial charge on any atom is 0.673 e. The van der Waals surface area contributed by atoms with Crippen LogP contribution in [0, 0.1) is 0 Å². The summed E-state index contributed by atoms with van der Waals surface area (Å²) in [6.45, 7) is 0. The highest BCUT2D eigenvalue weighted by Crippen LogP contribution is 2.24. The fourth-order valence-corrected chi connectivity index (χ4v) is 3.09. The Morgan fingerprint density at radius 2 is 1.10 bits per heavy atom. The zero-order valence-electron chi connectivity index (χ0n) is 15.7. The summed E-state index contributed by atoms with van der Waals surface area (Å²) in [5.74, 6) is 0. The van der Waals surface area contributed by atoms with Gasteiger partial charge in [-0.2, -0.15) is 4.57 Å². The van der Waals surface area contributed by atoms with Crippen molar-refractivity contribution in [3.63, 3.8) is 0 Å². The topological polar surface area (TPSA) is 3.88 Å². The van der Waals surface area contributed by atoms with Crippen molar-refractivity contribution in [2.24, 2.45) is 0 Å². The minimum absolute atomic E-state index is 0.742. The lowest BCUT2D eigenvalue weighted by Crippen LogP contribution is -2.32. The van der Waals surface area contributed by atoms with Gasteiger partial charge in [0.05, 0.1) is 0 Å². The molecule has 3 aromatic carbocycles. The van der Waals surface area contributed by atoms with Gasteiger partial charge in [0.1, 0.15) is 0 Å². The van der Waals surface area contributed by atoms with Crippen molar-refractivity contribution in [2.45, 2.75) is 0 Å². The number of rotatable bonds is 3. The fraction of sp³-hybridized carbons (Fsp3) is 0. The Morgan fingerprint density at radius 3 is 1.63 bits per heavy atom. The van der Waals surface area contributed by atoms with E-state index in [1.165, 1.54) is 16.7 Å². The van der Waals surface area contributed by atoms with E-state index < -0.39 is 7.25 Å². The zero-order chi connectivity index (χ0) is 21.6. The Hall–Kier alpha value is -3.12. The number of halogens is 5. The first kappa shape index (κ1) is 21.6. The molecule has 0 saturated heterocycles. The van der Waals surface area contributed by atoms with Crippen LogP contribution in [-0.2, 0) is 0 Å². The average Bonchev–Trinajstić information content (AvgIpc) is 2.74. The quantitative estimate of drug-likeness (QED) is 0.183. The second-order valence-electron chi connectivity index (χ2n) is 6.37. The standard InChI is InChI=1S/C23H17ClN.BF4/c24-21-11-13-22(14-12-21)25-16-15-20(18-7-3-1-4-8-18)17-23(25)19-9-5-2-6-10-19;2-1(3,4)5/h1-17H;/q+1;-1. The first-order chi connectivity index (χ1) is 14.3. The van der Waals surface area contributed by atoms with Crippen LogP contribution in [0.3, 0.4) is 0 Å². The third kappa shape index (κ3) is 6.19. The number of hydrogen-bond donors (Lipinski definition) is 0. The Bertz CT molecular complexity index is 1080. The Kier molecular flexibility index (Phi) is 6.90. The van der Waals surface area contributed by atoms with Crippen molar-refractivity contribution in [3.8, 4) is 28.1 Å². The molecule has 1 heterocycles. The molecule has 0 N–H and O–H groups in total. The normalized spacial score (nSPS) is 10.8. The smallest absolute Gasteiger partial charge is 0.418 e. The summed E-state index contributed by atoms with van der Waals surface area (Å²) in [6.07, 6.45) is 2.12. The molecule has 4 aromatic rings. The minimum atomic E-state index is -6.00. The fourth-order valence-electron chi connectivity index (χ4n) is 2.97. The van der Waals surface area contributed by atoms with E-state index in [0.29, 0.717) is 0 Å². The third-order valence-electron chi connectivity index (χ3n) is 4.24. The second-order valence-corrected chi connectivity index (χ2v) is 6.81. The summed E-state index contributed by atoms with van der Waals surface area (Å²) in [5.41, 5.74) is 5.81. The summed E-state index contributed by atoms with van der Waals surface area (Å²) in [5, 5.41) is 0.742. The molecule has 0 amide bonds. The molecular weight excluding hydrogens is 413 g/mol. The van der Waals surface area contributed by atoms with Crippen molar-refractivity contribution < 1.29 is 21.8 Å². The number of benzene rings is 3. The van der Waals surface area contributed by atoms with E-state index in [-0.39, 0.29) is 0 Å². The highest BCUT2D eigenvalue weighted by molar-refractivity contribution is 6.50. The lowest BCUT2D eigenvalue weighted by atomic mass is 10.0. The van der Waals surface area contributed by atoms with E-state index in [4.69, 9.17) is 11.6 Å². The van der Waals surface area contributed by atoms with Crippen LogP contribution >= 0.6 is 11.6 Å². The molecule has 0 radical (unpaired) electrons.